The van der Waals surface area contributed by atoms with Crippen LogP contribution >= 0.6 is 0 Å². The van der Waals surface area contributed by atoms with Crippen LogP contribution in [0.5, 0.6) is 0 Å². The summed E-state index contributed by atoms with van der Waals surface area (Å²) in [6.07, 6.45) is 0.454. The van der Waals surface area contributed by atoms with Crippen LogP contribution in [0.2, 0.25) is 0 Å². The lowest BCUT2D eigenvalue weighted by Gasteiger charge is -2.24. The van der Waals surface area contributed by atoms with Crippen molar-refractivity contribution in [3.63, 3.8) is 0 Å². The molecule has 1 N–H and O–H groups in total. The minimum Gasteiger partial charge on any atom is -0.324 e. The summed E-state index contributed by atoms with van der Waals surface area (Å²) >= 11 is 0. The van der Waals surface area contributed by atoms with E-state index in [2.05, 4.69) is 5.32 Å². The third-order valence-corrected chi connectivity index (χ3v) is 5.43. The van der Waals surface area contributed by atoms with Crippen LogP contribution in [0.4, 0.5) is 5.69 Å². The van der Waals surface area contributed by atoms with Gasteiger partial charge >= 0.3 is 0 Å². The van der Waals surface area contributed by atoms with Gasteiger partial charge in [0, 0.05) is 18.7 Å². The van der Waals surface area contributed by atoms with Crippen molar-refractivity contribution in [1.29, 1.82) is 5.26 Å². The van der Waals surface area contributed by atoms with Crippen LogP contribution in [0.15, 0.2) is 24.3 Å². The number of benzene rings is 1. The first-order valence-corrected chi connectivity index (χ1v) is 8.32. The van der Waals surface area contributed by atoms with Crippen molar-refractivity contribution < 1.29 is 13.2 Å². The van der Waals surface area contributed by atoms with Gasteiger partial charge in [0.05, 0.1) is 11.8 Å². The normalized spacial score (nSPS) is 19.2. The molecule has 1 aliphatic heterocycles. The molecule has 0 spiro atoms. The Bertz CT molecular complexity index is 679. The van der Waals surface area contributed by atoms with Crippen LogP contribution in [0, 0.1) is 11.3 Å². The van der Waals surface area contributed by atoms with Gasteiger partial charge in [-0.15, -0.1) is 0 Å². The number of sulfonamides is 1. The van der Waals surface area contributed by atoms with Gasteiger partial charge in [0.15, 0.2) is 0 Å². The van der Waals surface area contributed by atoms with Gasteiger partial charge in [-0.05, 0) is 25.0 Å². The van der Waals surface area contributed by atoms with E-state index in [1.807, 2.05) is 6.07 Å². The third kappa shape index (κ3) is 3.40. The zero-order chi connectivity index (χ0) is 15.5. The quantitative estimate of drug-likeness (QED) is 0.853. The predicted octanol–water partition coefficient (Wildman–Crippen LogP) is 1.46. The fraction of sp³-hybridized carbons (Fsp3) is 0.429. The van der Waals surface area contributed by atoms with E-state index in [9.17, 15) is 13.2 Å². The molecule has 0 aliphatic carbocycles. The summed E-state index contributed by atoms with van der Waals surface area (Å²) in [5, 5.41) is 11.3. The molecule has 1 atom stereocenters. The highest BCUT2D eigenvalue weighted by molar-refractivity contribution is 7.89. The molecule has 0 fully saturated rings. The van der Waals surface area contributed by atoms with Crippen molar-refractivity contribution in [3.8, 4) is 6.07 Å². The molecule has 0 saturated heterocycles. The Morgan fingerprint density at radius 2 is 2.14 bits per heavy atom. The molecular formula is C14H17N3O3S. The molecule has 1 amide bonds. The Morgan fingerprint density at radius 1 is 1.43 bits per heavy atom. The fourth-order valence-corrected chi connectivity index (χ4v) is 3.90. The predicted molar refractivity (Wildman–Crippen MR) is 78.7 cm³/mol. The maximum Gasteiger partial charge on any atom is 0.242 e. The van der Waals surface area contributed by atoms with Crippen LogP contribution < -0.4 is 5.32 Å². The van der Waals surface area contributed by atoms with Crippen LogP contribution in [-0.4, -0.2) is 30.4 Å². The van der Waals surface area contributed by atoms with E-state index >= 15 is 0 Å². The third-order valence-electron chi connectivity index (χ3n) is 3.46. The first-order valence-electron chi connectivity index (χ1n) is 6.71. The maximum atomic E-state index is 12.4. The molecule has 0 bridgehead atoms. The minimum absolute atomic E-state index is 0.125. The number of rotatable bonds is 4. The molecule has 112 valence electrons. The Hall–Kier alpha value is -1.91. The standard InChI is InChI=1S/C14H17N3O3S/c1-11-14(18)16-13-7-3-2-6-12(13)10-17(11)21(19,20)9-5-4-8-15/h2-3,6-7,11H,4-5,9-10H2,1H3,(H,16,18). The first kappa shape index (κ1) is 15.5. The number of nitrogens with one attached hydrogen (secondary N) is 1. The van der Waals surface area contributed by atoms with Crippen LogP contribution in [0.3, 0.4) is 0 Å². The van der Waals surface area contributed by atoms with Crippen molar-refractivity contribution in [2.24, 2.45) is 0 Å². The SMILES string of the molecule is CC1C(=O)Nc2ccccc2CN1S(=O)(=O)CCCC#N. The zero-order valence-electron chi connectivity index (χ0n) is 11.7. The van der Waals surface area contributed by atoms with Crippen molar-refractivity contribution >= 4 is 21.6 Å². The molecule has 6 nitrogen and oxygen atoms in total. The molecule has 1 aliphatic rings. The average molecular weight is 307 g/mol. The van der Waals surface area contributed by atoms with Gasteiger partial charge in [0.25, 0.3) is 0 Å². The number of para-hydroxylation sites is 1. The van der Waals surface area contributed by atoms with Gasteiger partial charge in [-0.2, -0.15) is 9.57 Å². The molecule has 1 aromatic rings. The number of hydrogen-bond donors (Lipinski definition) is 1. The fourth-order valence-electron chi connectivity index (χ4n) is 2.24. The number of fused-ring (bicyclic) bond motifs is 1. The second-order valence-corrected chi connectivity index (χ2v) is 6.99. The average Bonchev–Trinajstić information content (AvgIpc) is 2.57. The monoisotopic (exact) mass is 307 g/mol. The topological polar surface area (TPSA) is 90.3 Å². The van der Waals surface area contributed by atoms with Crippen molar-refractivity contribution in [1.82, 2.24) is 4.31 Å². The van der Waals surface area contributed by atoms with E-state index in [0.717, 1.165) is 5.56 Å². The summed E-state index contributed by atoms with van der Waals surface area (Å²) in [7, 11) is -3.58. The molecule has 1 aromatic carbocycles. The summed E-state index contributed by atoms with van der Waals surface area (Å²) in [4.78, 5) is 12.1. The largest absolute Gasteiger partial charge is 0.324 e. The number of nitrogens with zero attached hydrogens (tertiary/aromatic N) is 2. The van der Waals surface area contributed by atoms with Crippen molar-refractivity contribution in [3.05, 3.63) is 29.8 Å². The number of unbranched alkanes of at least 4 members (excludes halogenated alkanes) is 1. The van der Waals surface area contributed by atoms with E-state index in [1.165, 1.54) is 4.31 Å². The molecule has 1 unspecified atom stereocenters. The Labute approximate surface area is 124 Å². The Morgan fingerprint density at radius 3 is 2.86 bits per heavy atom. The number of nitriles is 1. The molecule has 1 heterocycles. The van der Waals surface area contributed by atoms with E-state index in [0.29, 0.717) is 5.69 Å². The zero-order valence-corrected chi connectivity index (χ0v) is 12.6. The molecule has 0 saturated carbocycles. The number of anilines is 1. The summed E-state index contributed by atoms with van der Waals surface area (Å²) in [6.45, 7) is 1.73. The number of carbonyl (C=O) groups excluding carboxylic acids is 1. The van der Waals surface area contributed by atoms with Gasteiger partial charge < -0.3 is 5.32 Å². The van der Waals surface area contributed by atoms with Gasteiger partial charge in [-0.25, -0.2) is 8.42 Å². The summed E-state index contributed by atoms with van der Waals surface area (Å²) in [5.74, 6) is -0.468. The summed E-state index contributed by atoms with van der Waals surface area (Å²) in [5.41, 5.74) is 1.41. The number of amides is 1. The highest BCUT2D eigenvalue weighted by Gasteiger charge is 2.34. The van der Waals surface area contributed by atoms with E-state index in [1.54, 1.807) is 31.2 Å². The van der Waals surface area contributed by atoms with Crippen molar-refractivity contribution in [2.45, 2.75) is 32.4 Å². The van der Waals surface area contributed by atoms with Gasteiger partial charge in [-0.1, -0.05) is 18.2 Å². The van der Waals surface area contributed by atoms with Crippen molar-refractivity contribution in [2.75, 3.05) is 11.1 Å². The van der Waals surface area contributed by atoms with Gasteiger partial charge in [0.2, 0.25) is 15.9 Å². The summed E-state index contributed by atoms with van der Waals surface area (Å²) in [6, 6.07) is 8.31. The number of carbonyl (C=O) groups is 1. The van der Waals surface area contributed by atoms with Gasteiger partial charge in [-0.3, -0.25) is 4.79 Å². The molecule has 0 aromatic heterocycles. The second kappa shape index (κ2) is 6.24. The summed E-state index contributed by atoms with van der Waals surface area (Å²) < 4.78 is 26.0. The first-order chi connectivity index (χ1) is 9.95. The van der Waals surface area contributed by atoms with E-state index < -0.39 is 16.1 Å². The lowest BCUT2D eigenvalue weighted by atomic mass is 10.2. The molecule has 21 heavy (non-hydrogen) atoms. The Balaban J connectivity index is 2.30. The number of hydrogen-bond acceptors (Lipinski definition) is 4. The molecular weight excluding hydrogens is 290 g/mol. The minimum atomic E-state index is -3.58. The van der Waals surface area contributed by atoms with E-state index in [4.69, 9.17) is 5.26 Å². The molecule has 7 heteroatoms. The van der Waals surface area contributed by atoms with Crippen LogP contribution in [0.25, 0.3) is 0 Å². The lowest BCUT2D eigenvalue weighted by Crippen LogP contribution is -2.44. The Kier molecular flexibility index (Phi) is 4.60. The van der Waals surface area contributed by atoms with Gasteiger partial charge in [0.1, 0.15) is 6.04 Å². The van der Waals surface area contributed by atoms with Crippen LogP contribution in [0.1, 0.15) is 25.3 Å². The van der Waals surface area contributed by atoms with E-state index in [-0.39, 0.29) is 31.0 Å². The smallest absolute Gasteiger partial charge is 0.242 e. The highest BCUT2D eigenvalue weighted by Crippen LogP contribution is 2.25. The second-order valence-electron chi connectivity index (χ2n) is 4.95. The highest BCUT2D eigenvalue weighted by atomic mass is 32.2. The molecule has 2 rings (SSSR count). The molecule has 0 radical (unpaired) electrons. The maximum absolute atomic E-state index is 12.4. The lowest BCUT2D eigenvalue weighted by molar-refractivity contribution is -0.119. The van der Waals surface area contributed by atoms with Crippen LogP contribution in [-0.2, 0) is 21.4 Å².